The first kappa shape index (κ1) is 26.2. The topological polar surface area (TPSA) is 55.4 Å². The van der Waals surface area contributed by atoms with Crippen LogP contribution in [0.1, 0.15) is 11.1 Å². The van der Waals surface area contributed by atoms with Gasteiger partial charge in [-0.05, 0) is 21.5 Å². The van der Waals surface area contributed by atoms with Gasteiger partial charge in [-0.2, -0.15) is 0 Å². The number of fused-ring (bicyclic) bond motifs is 2. The molecule has 6 heteroatoms. The molecule has 4 aromatic rings. The Morgan fingerprint density at radius 2 is 0.684 bits per heavy atom. The molecule has 1 aliphatic heterocycles. The summed E-state index contributed by atoms with van der Waals surface area (Å²) in [4.78, 5) is 0. The Morgan fingerprint density at radius 1 is 0.342 bits per heavy atom. The normalized spacial score (nSPS) is 19.3. The van der Waals surface area contributed by atoms with E-state index in [-0.39, 0.29) is 0 Å². The maximum Gasteiger partial charge on any atom is 0.169 e. The molecule has 0 aromatic heterocycles. The highest BCUT2D eigenvalue weighted by molar-refractivity contribution is 6.02. The molecule has 1 heterocycles. The molecule has 1 aliphatic rings. The summed E-state index contributed by atoms with van der Waals surface area (Å²) in [6, 6.07) is 29.1. The number of ether oxygens (including phenoxy) is 6. The summed E-state index contributed by atoms with van der Waals surface area (Å²) in [6.07, 6.45) is 0. The maximum atomic E-state index is 6.53. The van der Waals surface area contributed by atoms with Gasteiger partial charge in [-0.15, -0.1) is 0 Å². The molecule has 0 N–H and O–H groups in total. The molecule has 0 saturated carbocycles. The first-order chi connectivity index (χ1) is 18.9. The van der Waals surface area contributed by atoms with Crippen molar-refractivity contribution in [3.63, 3.8) is 0 Å². The average molecular weight is 515 g/mol. The lowest BCUT2D eigenvalue weighted by Gasteiger charge is -2.21. The van der Waals surface area contributed by atoms with E-state index in [0.29, 0.717) is 77.6 Å². The van der Waals surface area contributed by atoms with Crippen molar-refractivity contribution in [1.29, 1.82) is 0 Å². The van der Waals surface area contributed by atoms with Crippen molar-refractivity contribution in [2.75, 3.05) is 66.1 Å². The second-order valence-electron chi connectivity index (χ2n) is 8.86. The summed E-state index contributed by atoms with van der Waals surface area (Å²) in [5, 5.41) is 4.46. The van der Waals surface area contributed by atoms with Gasteiger partial charge in [0.1, 0.15) is 13.2 Å². The summed E-state index contributed by atoms with van der Waals surface area (Å²) in [5.41, 5.74) is 1.94. The van der Waals surface area contributed by atoms with Gasteiger partial charge < -0.3 is 28.4 Å². The van der Waals surface area contributed by atoms with Crippen molar-refractivity contribution in [3.8, 4) is 0 Å². The Bertz CT molecular complexity index is 1230. The van der Waals surface area contributed by atoms with Crippen LogP contribution in [0.25, 0.3) is 33.1 Å². The third kappa shape index (κ3) is 6.71. The molecule has 0 radical (unpaired) electrons. The summed E-state index contributed by atoms with van der Waals surface area (Å²) in [5.74, 6) is 1.37. The highest BCUT2D eigenvalue weighted by atomic mass is 16.6. The van der Waals surface area contributed by atoms with Crippen molar-refractivity contribution < 1.29 is 28.4 Å². The van der Waals surface area contributed by atoms with E-state index in [0.717, 1.165) is 32.7 Å². The Hall–Kier alpha value is -3.42. The van der Waals surface area contributed by atoms with Gasteiger partial charge >= 0.3 is 0 Å². The van der Waals surface area contributed by atoms with Crippen LogP contribution in [0.5, 0.6) is 0 Å². The van der Waals surface area contributed by atoms with Gasteiger partial charge in [-0.1, -0.05) is 84.9 Å². The van der Waals surface area contributed by atoms with Crippen LogP contribution in [0.4, 0.5) is 0 Å². The van der Waals surface area contributed by atoms with Crippen LogP contribution in [0.2, 0.25) is 0 Å². The van der Waals surface area contributed by atoms with Crippen LogP contribution < -0.4 is 0 Å². The molecule has 4 aromatic carbocycles. The number of benzene rings is 4. The molecule has 0 atom stereocenters. The second-order valence-corrected chi connectivity index (χ2v) is 8.86. The van der Waals surface area contributed by atoms with Crippen LogP contribution in [0.15, 0.2) is 84.9 Å². The molecule has 0 unspecified atom stereocenters. The van der Waals surface area contributed by atoms with Crippen LogP contribution in [-0.4, -0.2) is 66.1 Å². The van der Waals surface area contributed by atoms with Crippen molar-refractivity contribution in [1.82, 2.24) is 0 Å². The average Bonchev–Trinajstić information content (AvgIpc) is 2.96. The van der Waals surface area contributed by atoms with E-state index >= 15 is 0 Å². The fourth-order valence-corrected chi connectivity index (χ4v) is 4.55. The first-order valence-corrected chi connectivity index (χ1v) is 13.2. The van der Waals surface area contributed by atoms with E-state index in [9.17, 15) is 0 Å². The minimum absolute atomic E-state index is 0.371. The SMILES string of the molecule is c1ccc2c(/C3=C(\c4cccc5ccccc45)OCCOCCOCCOCCOCCO3)cccc2c1. The van der Waals surface area contributed by atoms with E-state index in [2.05, 4.69) is 60.7 Å². The zero-order chi connectivity index (χ0) is 25.8. The van der Waals surface area contributed by atoms with Crippen LogP contribution in [0.3, 0.4) is 0 Å². The lowest BCUT2D eigenvalue weighted by molar-refractivity contribution is -0.00984. The minimum Gasteiger partial charge on any atom is -0.487 e. The lowest BCUT2D eigenvalue weighted by atomic mass is 9.98. The third-order valence-electron chi connectivity index (χ3n) is 6.34. The van der Waals surface area contributed by atoms with Gasteiger partial charge in [0.15, 0.2) is 11.5 Å². The van der Waals surface area contributed by atoms with Crippen molar-refractivity contribution in [2.45, 2.75) is 0 Å². The largest absolute Gasteiger partial charge is 0.487 e. The lowest BCUT2D eigenvalue weighted by Crippen LogP contribution is -2.15. The summed E-state index contributed by atoms with van der Waals surface area (Å²) < 4.78 is 35.8. The van der Waals surface area contributed by atoms with Gasteiger partial charge in [0.25, 0.3) is 0 Å². The van der Waals surface area contributed by atoms with Gasteiger partial charge in [-0.25, -0.2) is 0 Å². The van der Waals surface area contributed by atoms with Crippen LogP contribution >= 0.6 is 0 Å². The number of hydrogen-bond acceptors (Lipinski definition) is 6. The van der Waals surface area contributed by atoms with Gasteiger partial charge in [0, 0.05) is 11.1 Å². The van der Waals surface area contributed by atoms with E-state index in [1.165, 1.54) is 0 Å². The van der Waals surface area contributed by atoms with Crippen molar-refractivity contribution in [3.05, 3.63) is 96.1 Å². The van der Waals surface area contributed by atoms with E-state index < -0.39 is 0 Å². The fourth-order valence-electron chi connectivity index (χ4n) is 4.55. The molecule has 0 spiro atoms. The Kier molecular flexibility index (Phi) is 9.61. The molecular formula is C32H34O6. The molecule has 38 heavy (non-hydrogen) atoms. The van der Waals surface area contributed by atoms with Gasteiger partial charge in [0.05, 0.1) is 52.9 Å². The summed E-state index contributed by atoms with van der Waals surface area (Å²) in [7, 11) is 0. The molecule has 5 rings (SSSR count). The maximum absolute atomic E-state index is 6.53. The molecule has 6 nitrogen and oxygen atoms in total. The first-order valence-electron chi connectivity index (χ1n) is 13.2. The molecular weight excluding hydrogens is 480 g/mol. The monoisotopic (exact) mass is 514 g/mol. The predicted molar refractivity (Wildman–Crippen MR) is 150 cm³/mol. The smallest absolute Gasteiger partial charge is 0.169 e. The highest BCUT2D eigenvalue weighted by Crippen LogP contribution is 2.35. The Balaban J connectivity index is 1.58. The minimum atomic E-state index is 0.371. The van der Waals surface area contributed by atoms with Crippen LogP contribution in [0, 0.1) is 0 Å². The predicted octanol–water partition coefficient (Wildman–Crippen LogP) is 5.93. The van der Waals surface area contributed by atoms with Gasteiger partial charge in [-0.3, -0.25) is 0 Å². The molecule has 0 bridgehead atoms. The van der Waals surface area contributed by atoms with Crippen molar-refractivity contribution >= 4 is 33.1 Å². The van der Waals surface area contributed by atoms with E-state index in [1.807, 2.05) is 24.3 Å². The number of rotatable bonds is 2. The molecule has 0 saturated heterocycles. The van der Waals surface area contributed by atoms with E-state index in [1.54, 1.807) is 0 Å². The molecule has 0 amide bonds. The second kappa shape index (κ2) is 13.9. The van der Waals surface area contributed by atoms with Crippen molar-refractivity contribution in [2.24, 2.45) is 0 Å². The quantitative estimate of drug-likeness (QED) is 0.330. The fraction of sp³-hybridized carbons (Fsp3) is 0.312. The Morgan fingerprint density at radius 3 is 1.11 bits per heavy atom. The van der Waals surface area contributed by atoms with Crippen LogP contribution in [-0.2, 0) is 28.4 Å². The zero-order valence-corrected chi connectivity index (χ0v) is 21.6. The molecule has 198 valence electrons. The number of hydrogen-bond donors (Lipinski definition) is 0. The molecule has 0 fully saturated rings. The molecule has 0 aliphatic carbocycles. The third-order valence-corrected chi connectivity index (χ3v) is 6.34. The Labute approximate surface area is 223 Å². The standard InChI is InChI=1S/C32H34O6/c1-3-11-27-25(7-1)9-5-13-29(27)31-32(30-14-6-10-26-8-2-4-12-28(26)30)38-24-22-36-20-18-34-16-15-33-17-19-35-21-23-37-31/h1-14H,15-24H2/b32-31-. The van der Waals surface area contributed by atoms with Gasteiger partial charge in [0.2, 0.25) is 0 Å². The highest BCUT2D eigenvalue weighted by Gasteiger charge is 2.20. The summed E-state index contributed by atoms with van der Waals surface area (Å²) in [6.45, 7) is 4.67. The summed E-state index contributed by atoms with van der Waals surface area (Å²) >= 11 is 0. The zero-order valence-electron chi connectivity index (χ0n) is 21.6. The van der Waals surface area contributed by atoms with E-state index in [4.69, 9.17) is 28.4 Å².